The average Bonchev–Trinajstić information content (AvgIpc) is 2.68. The molecular formula is C12H14FN3S2. The zero-order chi connectivity index (χ0) is 13.1. The van der Waals surface area contributed by atoms with Crippen molar-refractivity contribution in [3.63, 3.8) is 0 Å². The Morgan fingerprint density at radius 3 is 2.83 bits per heavy atom. The summed E-state index contributed by atoms with van der Waals surface area (Å²) >= 11 is 2.78. The molecule has 0 radical (unpaired) electrons. The number of halogens is 1. The predicted octanol–water partition coefficient (Wildman–Crippen LogP) is 3.03. The molecule has 0 aliphatic rings. The van der Waals surface area contributed by atoms with Crippen LogP contribution in [0.1, 0.15) is 17.5 Å². The number of benzene rings is 1. The molecule has 2 rings (SSSR count). The van der Waals surface area contributed by atoms with Gasteiger partial charge in [-0.3, -0.25) is 0 Å². The fraction of sp³-hybridized carbons (Fsp3) is 0.333. The Balaban J connectivity index is 2.30. The zero-order valence-electron chi connectivity index (χ0n) is 10.2. The van der Waals surface area contributed by atoms with Crippen LogP contribution < -0.4 is 5.73 Å². The van der Waals surface area contributed by atoms with E-state index >= 15 is 0 Å². The predicted molar refractivity (Wildman–Crippen MR) is 72.5 cm³/mol. The average molecular weight is 283 g/mol. The lowest BCUT2D eigenvalue weighted by Crippen LogP contribution is -2.18. The maximum atomic E-state index is 13.9. The van der Waals surface area contributed by atoms with Gasteiger partial charge in [0.2, 0.25) is 0 Å². The van der Waals surface area contributed by atoms with E-state index in [4.69, 9.17) is 5.73 Å². The van der Waals surface area contributed by atoms with Crippen LogP contribution in [0.5, 0.6) is 0 Å². The molecule has 3 nitrogen and oxygen atoms in total. The molecule has 1 heterocycles. The van der Waals surface area contributed by atoms with Gasteiger partial charge in [-0.1, -0.05) is 35.2 Å². The van der Waals surface area contributed by atoms with Crippen molar-refractivity contribution < 1.29 is 4.39 Å². The van der Waals surface area contributed by atoms with Gasteiger partial charge in [-0.25, -0.2) is 4.39 Å². The smallest absolute Gasteiger partial charge is 0.179 e. The molecule has 1 aromatic heterocycles. The molecule has 1 atom stereocenters. The topological polar surface area (TPSA) is 51.8 Å². The summed E-state index contributed by atoms with van der Waals surface area (Å²) in [6.45, 7) is 3.79. The molecular weight excluding hydrogens is 269 g/mol. The van der Waals surface area contributed by atoms with E-state index in [0.717, 1.165) is 14.9 Å². The summed E-state index contributed by atoms with van der Waals surface area (Å²) in [6, 6.07) is 5.08. The Morgan fingerprint density at radius 1 is 1.44 bits per heavy atom. The van der Waals surface area contributed by atoms with Crippen LogP contribution in [0, 0.1) is 12.7 Å². The minimum atomic E-state index is -0.231. The highest BCUT2D eigenvalue weighted by Crippen LogP contribution is 2.34. The molecule has 1 aromatic carbocycles. The maximum absolute atomic E-state index is 13.9. The molecule has 0 bridgehead atoms. The first-order valence-electron chi connectivity index (χ1n) is 5.57. The van der Waals surface area contributed by atoms with Crippen molar-refractivity contribution in [3.05, 3.63) is 34.6 Å². The number of nitrogens with zero attached hydrogens (tertiary/aromatic N) is 2. The summed E-state index contributed by atoms with van der Waals surface area (Å²) in [5, 5.41) is 8.82. The first-order valence-corrected chi connectivity index (χ1v) is 7.20. The van der Waals surface area contributed by atoms with E-state index in [2.05, 4.69) is 10.2 Å². The van der Waals surface area contributed by atoms with Crippen molar-refractivity contribution in [2.75, 3.05) is 0 Å². The van der Waals surface area contributed by atoms with Crippen molar-refractivity contribution in [2.24, 2.45) is 5.73 Å². The lowest BCUT2D eigenvalue weighted by Gasteiger charge is -2.10. The fourth-order valence-electron chi connectivity index (χ4n) is 1.58. The molecule has 18 heavy (non-hydrogen) atoms. The first kappa shape index (κ1) is 13.5. The summed E-state index contributed by atoms with van der Waals surface area (Å²) in [4.78, 5) is 0.603. The molecule has 0 aliphatic carbocycles. The highest BCUT2D eigenvalue weighted by molar-refractivity contribution is 8.01. The molecule has 0 amide bonds. The van der Waals surface area contributed by atoms with E-state index < -0.39 is 0 Å². The third kappa shape index (κ3) is 3.28. The van der Waals surface area contributed by atoms with Gasteiger partial charge in [0.15, 0.2) is 4.34 Å². The van der Waals surface area contributed by atoms with Gasteiger partial charge in [0.05, 0.1) is 4.90 Å². The number of nitrogens with two attached hydrogens (primary N) is 1. The van der Waals surface area contributed by atoms with Gasteiger partial charge < -0.3 is 5.73 Å². The Morgan fingerprint density at radius 2 is 2.22 bits per heavy atom. The molecule has 1 unspecified atom stereocenters. The van der Waals surface area contributed by atoms with Crippen LogP contribution in [0.3, 0.4) is 0 Å². The normalized spacial score (nSPS) is 12.7. The Hall–Kier alpha value is -0.980. The van der Waals surface area contributed by atoms with Gasteiger partial charge in [-0.15, -0.1) is 10.2 Å². The summed E-state index contributed by atoms with van der Waals surface area (Å²) in [7, 11) is 0. The van der Waals surface area contributed by atoms with Crippen molar-refractivity contribution in [2.45, 2.75) is 35.5 Å². The van der Waals surface area contributed by atoms with Gasteiger partial charge in [-0.05, 0) is 31.9 Å². The molecule has 6 heteroatoms. The van der Waals surface area contributed by atoms with Crippen LogP contribution in [-0.2, 0) is 6.42 Å². The molecule has 0 saturated carbocycles. The van der Waals surface area contributed by atoms with E-state index in [-0.39, 0.29) is 11.9 Å². The van der Waals surface area contributed by atoms with Crippen LogP contribution in [0.15, 0.2) is 27.4 Å². The highest BCUT2D eigenvalue weighted by Gasteiger charge is 2.13. The fourth-order valence-corrected chi connectivity index (χ4v) is 3.48. The van der Waals surface area contributed by atoms with Gasteiger partial charge in [-0.2, -0.15) is 0 Å². The van der Waals surface area contributed by atoms with E-state index in [1.807, 2.05) is 19.9 Å². The van der Waals surface area contributed by atoms with E-state index in [1.54, 1.807) is 6.07 Å². The van der Waals surface area contributed by atoms with Crippen molar-refractivity contribution in [1.29, 1.82) is 0 Å². The van der Waals surface area contributed by atoms with Crippen molar-refractivity contribution in [1.82, 2.24) is 10.2 Å². The number of aromatic nitrogens is 2. The first-order chi connectivity index (χ1) is 8.56. The third-order valence-electron chi connectivity index (χ3n) is 2.29. The summed E-state index contributed by atoms with van der Waals surface area (Å²) in [5.74, 6) is -0.231. The molecule has 0 saturated heterocycles. The molecule has 96 valence electrons. The van der Waals surface area contributed by atoms with Crippen LogP contribution in [0.25, 0.3) is 0 Å². The lowest BCUT2D eigenvalue weighted by atomic mass is 10.1. The number of hydrogen-bond acceptors (Lipinski definition) is 5. The molecule has 0 aliphatic heterocycles. The molecule has 2 N–H and O–H groups in total. The second-order valence-corrected chi connectivity index (χ2v) is 6.54. The second kappa shape index (κ2) is 5.77. The summed E-state index contributed by atoms with van der Waals surface area (Å²) in [5.41, 5.74) is 6.70. The van der Waals surface area contributed by atoms with Crippen molar-refractivity contribution >= 4 is 23.1 Å². The number of hydrogen-bond donors (Lipinski definition) is 1. The minimum absolute atomic E-state index is 0.00214. The van der Waals surface area contributed by atoms with E-state index in [9.17, 15) is 4.39 Å². The Bertz CT molecular complexity index is 540. The van der Waals surface area contributed by atoms with Gasteiger partial charge >= 0.3 is 0 Å². The van der Waals surface area contributed by atoms with Crippen LogP contribution in [0.2, 0.25) is 0 Å². The Kier molecular flexibility index (Phi) is 4.31. The van der Waals surface area contributed by atoms with Crippen LogP contribution in [0.4, 0.5) is 4.39 Å². The quantitative estimate of drug-likeness (QED) is 0.937. The standard InChI is InChI=1S/C12H14FN3S2/c1-7(14)6-9-4-3-5-10(13)11(9)18-12-16-15-8(2)17-12/h3-5,7H,6,14H2,1-2H3. The largest absolute Gasteiger partial charge is 0.328 e. The second-order valence-electron chi connectivity index (χ2n) is 4.10. The van der Waals surface area contributed by atoms with E-state index in [0.29, 0.717) is 11.3 Å². The number of aryl methyl sites for hydroxylation is 1. The Labute approximate surface area is 114 Å². The summed E-state index contributed by atoms with van der Waals surface area (Å²) in [6.07, 6.45) is 0.651. The van der Waals surface area contributed by atoms with Crippen molar-refractivity contribution in [3.8, 4) is 0 Å². The highest BCUT2D eigenvalue weighted by atomic mass is 32.2. The molecule has 0 spiro atoms. The number of rotatable bonds is 4. The van der Waals surface area contributed by atoms with Gasteiger partial charge in [0.25, 0.3) is 0 Å². The third-order valence-corrected chi connectivity index (χ3v) is 4.34. The monoisotopic (exact) mass is 283 g/mol. The maximum Gasteiger partial charge on any atom is 0.179 e. The van der Waals surface area contributed by atoms with E-state index in [1.165, 1.54) is 29.2 Å². The zero-order valence-corrected chi connectivity index (χ0v) is 11.8. The molecule has 2 aromatic rings. The lowest BCUT2D eigenvalue weighted by molar-refractivity contribution is 0.592. The summed E-state index contributed by atoms with van der Waals surface area (Å²) < 4.78 is 14.6. The van der Waals surface area contributed by atoms with Crippen LogP contribution in [-0.4, -0.2) is 16.2 Å². The SMILES string of the molecule is Cc1nnc(Sc2c(F)cccc2CC(C)N)s1. The van der Waals surface area contributed by atoms with Gasteiger partial charge in [0.1, 0.15) is 10.8 Å². The van der Waals surface area contributed by atoms with Gasteiger partial charge in [0, 0.05) is 6.04 Å². The van der Waals surface area contributed by atoms with Crippen LogP contribution >= 0.6 is 23.1 Å². The molecule has 0 fully saturated rings. The minimum Gasteiger partial charge on any atom is -0.328 e.